The van der Waals surface area contributed by atoms with Gasteiger partial charge in [0, 0.05) is 12.8 Å². The largest absolute Gasteiger partial charge is 0.463 e. The second-order valence-corrected chi connectivity index (χ2v) is 9.31. The second-order valence-electron chi connectivity index (χ2n) is 9.31. The number of carbonyl (C=O) groups excluding carboxylic acids is 2. The van der Waals surface area contributed by atoms with Crippen molar-refractivity contribution in [1.82, 2.24) is 0 Å². The first kappa shape index (κ1) is 32.5. The number of esters is 2. The lowest BCUT2D eigenvalue weighted by Gasteiger charge is -2.45. The number of rotatable bonds is 15. The maximum atomic E-state index is 12.1. The fourth-order valence-corrected chi connectivity index (χ4v) is 4.20. The van der Waals surface area contributed by atoms with Crippen molar-refractivity contribution in [2.45, 2.75) is 113 Å². The van der Waals surface area contributed by atoms with Crippen LogP contribution in [0, 0.1) is 0 Å². The first-order valence-corrected chi connectivity index (χ1v) is 12.7. The van der Waals surface area contributed by atoms with Crippen LogP contribution in [0.2, 0.25) is 0 Å². The summed E-state index contributed by atoms with van der Waals surface area (Å²) in [4.78, 5) is 23.3. The molecule has 0 unspecified atom stereocenters. The number of ether oxygens (including phenoxy) is 5. The summed E-state index contributed by atoms with van der Waals surface area (Å²) in [6, 6.07) is 0. The first-order valence-electron chi connectivity index (χ1n) is 12.7. The van der Waals surface area contributed by atoms with Gasteiger partial charge in [-0.15, -0.1) is 0 Å². The van der Waals surface area contributed by atoms with Crippen molar-refractivity contribution in [1.29, 1.82) is 0 Å². The van der Waals surface area contributed by atoms with Gasteiger partial charge in [0.2, 0.25) is 0 Å². The van der Waals surface area contributed by atoms with Crippen molar-refractivity contribution >= 4 is 11.9 Å². The van der Waals surface area contributed by atoms with E-state index in [1.54, 1.807) is 0 Å². The third-order valence-electron chi connectivity index (χ3n) is 6.43. The van der Waals surface area contributed by atoms with Crippen LogP contribution in [0.25, 0.3) is 0 Å². The maximum absolute atomic E-state index is 12.1. The van der Waals surface area contributed by atoms with Crippen molar-refractivity contribution in [3.05, 3.63) is 12.8 Å². The third-order valence-corrected chi connectivity index (χ3v) is 6.43. The molecule has 14 heteroatoms. The number of hydrogen-bond donors (Lipinski definition) is 7. The van der Waals surface area contributed by atoms with Crippen LogP contribution in [0.15, 0.2) is 12.8 Å². The smallest absolute Gasteiger partial charge is 0.310 e. The van der Waals surface area contributed by atoms with E-state index >= 15 is 0 Å². The molecular formula is C24H40O14. The molecule has 10 atom stereocenters. The summed E-state index contributed by atoms with van der Waals surface area (Å²) >= 11 is 0. The van der Waals surface area contributed by atoms with E-state index in [2.05, 4.69) is 11.3 Å². The molecule has 2 fully saturated rings. The summed E-state index contributed by atoms with van der Waals surface area (Å²) in [5, 5.41) is 69.9. The highest BCUT2D eigenvalue weighted by Crippen LogP contribution is 2.28. The predicted octanol–water partition coefficient (Wildman–Crippen LogP) is -2.04. The van der Waals surface area contributed by atoms with Gasteiger partial charge in [0.15, 0.2) is 12.6 Å². The van der Waals surface area contributed by atoms with Gasteiger partial charge in [0.05, 0.1) is 12.9 Å². The van der Waals surface area contributed by atoms with E-state index in [4.69, 9.17) is 18.9 Å². The van der Waals surface area contributed by atoms with E-state index in [9.17, 15) is 45.3 Å². The molecule has 0 aromatic carbocycles. The summed E-state index contributed by atoms with van der Waals surface area (Å²) in [7, 11) is 0. The Bertz CT molecular complexity index is 733. The summed E-state index contributed by atoms with van der Waals surface area (Å²) in [6.07, 6.45) is -9.99. The molecule has 38 heavy (non-hydrogen) atoms. The van der Waals surface area contributed by atoms with Gasteiger partial charge in [-0.25, -0.2) is 0 Å². The highest BCUT2D eigenvalue weighted by atomic mass is 16.7. The number of unbranched alkanes of at least 4 members (excludes halogenated alkanes) is 5. The highest BCUT2D eigenvalue weighted by molar-refractivity contribution is 5.70. The predicted molar refractivity (Wildman–Crippen MR) is 126 cm³/mol. The zero-order valence-electron chi connectivity index (χ0n) is 21.1. The van der Waals surface area contributed by atoms with Gasteiger partial charge in [0.25, 0.3) is 0 Å². The van der Waals surface area contributed by atoms with E-state index in [0.717, 1.165) is 31.9 Å². The molecule has 0 aliphatic carbocycles. The Morgan fingerprint density at radius 1 is 0.737 bits per heavy atom. The van der Waals surface area contributed by atoms with Crippen LogP contribution in [-0.4, -0.2) is 122 Å². The van der Waals surface area contributed by atoms with Crippen LogP contribution < -0.4 is 0 Å². The molecule has 0 aromatic heterocycles. The minimum absolute atomic E-state index is 0.115. The molecular weight excluding hydrogens is 512 g/mol. The zero-order chi connectivity index (χ0) is 28.2. The fourth-order valence-electron chi connectivity index (χ4n) is 4.20. The normalized spacial score (nSPS) is 35.4. The van der Waals surface area contributed by atoms with E-state index in [1.165, 1.54) is 0 Å². The first-order chi connectivity index (χ1) is 18.1. The molecule has 2 saturated heterocycles. The van der Waals surface area contributed by atoms with Gasteiger partial charge in [-0.1, -0.05) is 32.3 Å². The van der Waals surface area contributed by atoms with Crippen LogP contribution in [0.1, 0.15) is 51.4 Å². The van der Waals surface area contributed by atoms with E-state index in [0.29, 0.717) is 19.3 Å². The van der Waals surface area contributed by atoms with Crippen molar-refractivity contribution in [2.24, 2.45) is 0 Å². The molecule has 0 saturated carbocycles. The van der Waals surface area contributed by atoms with Crippen LogP contribution in [-0.2, 0) is 33.3 Å². The average molecular weight is 553 g/mol. The third kappa shape index (κ3) is 9.48. The molecule has 220 valence electrons. The number of aliphatic hydroxyl groups is 7. The quantitative estimate of drug-likeness (QED) is 0.0661. The van der Waals surface area contributed by atoms with E-state index < -0.39 is 80.6 Å². The average Bonchev–Trinajstić information content (AvgIpc) is 2.89. The molecule has 7 N–H and O–H groups in total. The Kier molecular flexibility index (Phi) is 14.0. The van der Waals surface area contributed by atoms with Crippen molar-refractivity contribution in [2.75, 3.05) is 13.2 Å². The molecule has 2 heterocycles. The molecule has 2 rings (SSSR count). The van der Waals surface area contributed by atoms with E-state index in [1.807, 2.05) is 0 Å². The Morgan fingerprint density at radius 3 is 1.95 bits per heavy atom. The van der Waals surface area contributed by atoms with Crippen LogP contribution in [0.4, 0.5) is 0 Å². The minimum Gasteiger partial charge on any atom is -0.463 e. The summed E-state index contributed by atoms with van der Waals surface area (Å²) in [5.41, 5.74) is 0. The van der Waals surface area contributed by atoms with Gasteiger partial charge in [-0.2, -0.15) is 0 Å². The highest BCUT2D eigenvalue weighted by Gasteiger charge is 2.50. The Labute approximate surface area is 220 Å². The molecule has 0 bridgehead atoms. The minimum atomic E-state index is -1.79. The number of aliphatic hydroxyl groups excluding tert-OH is 7. The molecule has 0 radical (unpaired) electrons. The van der Waals surface area contributed by atoms with Crippen molar-refractivity contribution < 1.29 is 69.0 Å². The maximum Gasteiger partial charge on any atom is 0.310 e. The van der Waals surface area contributed by atoms with Gasteiger partial charge in [-0.3, -0.25) is 9.59 Å². The lowest BCUT2D eigenvalue weighted by Crippen LogP contribution is -2.64. The SMILES string of the molecule is C=COC(=O)CCCCCCCCC(=O)OC[C@H]1O[C@H](O[C@H]2[C@H](O)[C@@H](O)[C@@H](O)O[C@@H]2CO)[C@H](O)[C@@H](O)[C@@H]1O. The van der Waals surface area contributed by atoms with Crippen molar-refractivity contribution in [3.63, 3.8) is 0 Å². The lowest BCUT2D eigenvalue weighted by atomic mass is 9.97. The van der Waals surface area contributed by atoms with Crippen molar-refractivity contribution in [3.8, 4) is 0 Å². The van der Waals surface area contributed by atoms with Gasteiger partial charge < -0.3 is 59.4 Å². The summed E-state index contributed by atoms with van der Waals surface area (Å²) < 4.78 is 25.7. The standard InChI is InChI=1S/C24H40O14/c1-2-34-15(26)9-7-5-3-4-6-8-10-16(27)35-12-14-17(28)18(29)21(32)24(37-14)38-22-13(11-25)36-23(33)20(31)19(22)30/h2,13-14,17-25,28-33H,1,3-12H2/t13-,14-,17-,18+,19-,20-,21-,22-,23+,24-/m1/s1. The molecule has 2 aliphatic heterocycles. The zero-order valence-corrected chi connectivity index (χ0v) is 21.1. The molecule has 2 aliphatic rings. The molecule has 14 nitrogen and oxygen atoms in total. The molecule has 0 amide bonds. The summed E-state index contributed by atoms with van der Waals surface area (Å²) in [5.74, 6) is -0.872. The second kappa shape index (κ2) is 16.4. The Hall–Kier alpha value is -1.72. The van der Waals surface area contributed by atoms with E-state index in [-0.39, 0.29) is 12.4 Å². The fraction of sp³-hybridized carbons (Fsp3) is 0.833. The van der Waals surface area contributed by atoms with Gasteiger partial charge in [0.1, 0.15) is 55.4 Å². The summed E-state index contributed by atoms with van der Waals surface area (Å²) in [6.45, 7) is 2.14. The molecule has 0 spiro atoms. The number of hydrogen-bond acceptors (Lipinski definition) is 14. The molecule has 0 aromatic rings. The van der Waals surface area contributed by atoms with Gasteiger partial charge >= 0.3 is 11.9 Å². The van der Waals surface area contributed by atoms with Crippen LogP contribution in [0.5, 0.6) is 0 Å². The Balaban J connectivity index is 1.74. The van der Waals surface area contributed by atoms with Gasteiger partial charge in [-0.05, 0) is 12.8 Å². The van der Waals surface area contributed by atoms with Crippen LogP contribution in [0.3, 0.4) is 0 Å². The topological polar surface area (TPSA) is 222 Å². The Morgan fingerprint density at radius 2 is 1.34 bits per heavy atom. The van der Waals surface area contributed by atoms with Crippen LogP contribution >= 0.6 is 0 Å². The number of carbonyl (C=O) groups is 2. The monoisotopic (exact) mass is 552 g/mol. The lowest BCUT2D eigenvalue weighted by molar-refractivity contribution is -0.355.